The molecule has 2 aromatic heterocycles. The van der Waals surface area contributed by atoms with Crippen molar-refractivity contribution >= 4 is 32.9 Å². The van der Waals surface area contributed by atoms with E-state index >= 15 is 0 Å². The van der Waals surface area contributed by atoms with E-state index in [0.717, 1.165) is 38.5 Å². The molecule has 2 heterocycles. The Morgan fingerprint density at radius 1 is 1.04 bits per heavy atom. The molecule has 0 saturated heterocycles. The van der Waals surface area contributed by atoms with Crippen LogP contribution in [0.5, 0.6) is 0 Å². The second-order valence-corrected chi connectivity index (χ2v) is 6.40. The van der Waals surface area contributed by atoms with E-state index in [2.05, 4.69) is 5.32 Å². The molecule has 4 rings (SSSR count). The minimum Gasteiger partial charge on any atom is -0.464 e. The van der Waals surface area contributed by atoms with Crippen LogP contribution in [0.2, 0.25) is 0 Å². The monoisotopic (exact) mass is 325 g/mol. The molecule has 0 aliphatic carbocycles. The predicted octanol–water partition coefficient (Wildman–Crippen LogP) is 3.17. The summed E-state index contributed by atoms with van der Waals surface area (Å²) in [6, 6.07) is 11.8. The molecule has 5 heteroatoms. The van der Waals surface area contributed by atoms with Crippen molar-refractivity contribution in [3.05, 3.63) is 48.2 Å². The van der Waals surface area contributed by atoms with E-state index in [0.29, 0.717) is 6.54 Å². The lowest BCUT2D eigenvalue weighted by atomic mass is 10.0. The number of hydrogen-bond donors (Lipinski definition) is 3. The number of para-hydroxylation sites is 1. The smallest absolute Gasteiger partial charge is 0.139 e. The zero-order chi connectivity index (χ0) is 16.7. The fourth-order valence-corrected chi connectivity index (χ4v) is 3.02. The van der Waals surface area contributed by atoms with Crippen molar-refractivity contribution in [1.29, 1.82) is 0 Å². The summed E-state index contributed by atoms with van der Waals surface area (Å²) in [5.74, 6) is 0. The summed E-state index contributed by atoms with van der Waals surface area (Å²) in [5, 5.41) is 25.2. The number of benzene rings is 2. The molecule has 0 saturated carbocycles. The highest BCUT2D eigenvalue weighted by molar-refractivity contribution is 6.18. The second-order valence-electron chi connectivity index (χ2n) is 6.40. The minimum absolute atomic E-state index is 0.155. The van der Waals surface area contributed by atoms with Gasteiger partial charge in [0.05, 0.1) is 25.0 Å². The summed E-state index contributed by atoms with van der Waals surface area (Å²) in [6.07, 6.45) is 1.67. The van der Waals surface area contributed by atoms with E-state index < -0.39 is 5.54 Å². The van der Waals surface area contributed by atoms with E-state index in [1.165, 1.54) is 0 Å². The molecule has 124 valence electrons. The molecule has 0 unspecified atom stereocenters. The van der Waals surface area contributed by atoms with Crippen molar-refractivity contribution in [3.63, 3.8) is 0 Å². The van der Waals surface area contributed by atoms with Crippen LogP contribution in [0.25, 0.3) is 32.9 Å². The molecule has 0 amide bonds. The highest BCUT2D eigenvalue weighted by Gasteiger charge is 2.23. The van der Waals surface area contributed by atoms with Crippen LogP contribution < -0.4 is 5.32 Å². The molecule has 0 bridgehead atoms. The van der Waals surface area contributed by atoms with Crippen LogP contribution in [0.4, 0.5) is 0 Å². The SMILES string of the molecule is CC(CO)(CO)NCc1cc2oc3ccccc3c2c2ccoc12. The molecule has 0 aliphatic rings. The van der Waals surface area contributed by atoms with E-state index in [4.69, 9.17) is 8.83 Å². The number of rotatable bonds is 5. The van der Waals surface area contributed by atoms with Gasteiger partial charge in [0, 0.05) is 28.3 Å². The first-order chi connectivity index (χ1) is 11.6. The predicted molar refractivity (Wildman–Crippen MR) is 92.9 cm³/mol. The van der Waals surface area contributed by atoms with Crippen LogP contribution in [0.15, 0.2) is 51.5 Å². The van der Waals surface area contributed by atoms with Crippen LogP contribution in [0.1, 0.15) is 12.5 Å². The van der Waals surface area contributed by atoms with E-state index in [1.807, 2.05) is 36.4 Å². The number of furan rings is 2. The summed E-state index contributed by atoms with van der Waals surface area (Å²) < 4.78 is 11.7. The minimum atomic E-state index is -0.748. The Labute approximate surface area is 138 Å². The maximum atomic E-state index is 9.44. The maximum absolute atomic E-state index is 9.44. The third kappa shape index (κ3) is 2.29. The molecule has 0 spiro atoms. The Balaban J connectivity index is 1.87. The van der Waals surface area contributed by atoms with Crippen molar-refractivity contribution in [1.82, 2.24) is 5.32 Å². The summed E-state index contributed by atoms with van der Waals surface area (Å²) in [5.41, 5.74) is 2.61. The molecular formula is C19H19NO4. The molecule has 2 aromatic carbocycles. The van der Waals surface area contributed by atoms with Gasteiger partial charge in [0.1, 0.15) is 16.7 Å². The number of hydrogen-bond acceptors (Lipinski definition) is 5. The Morgan fingerprint density at radius 3 is 2.62 bits per heavy atom. The second kappa shape index (κ2) is 5.63. The molecular weight excluding hydrogens is 306 g/mol. The van der Waals surface area contributed by atoms with Gasteiger partial charge in [-0.1, -0.05) is 18.2 Å². The van der Waals surface area contributed by atoms with Gasteiger partial charge in [-0.25, -0.2) is 0 Å². The van der Waals surface area contributed by atoms with E-state index in [9.17, 15) is 10.2 Å². The number of aliphatic hydroxyl groups is 2. The van der Waals surface area contributed by atoms with Crippen molar-refractivity contribution in [2.45, 2.75) is 19.0 Å². The van der Waals surface area contributed by atoms with Gasteiger partial charge in [-0.3, -0.25) is 0 Å². The highest BCUT2D eigenvalue weighted by Crippen LogP contribution is 2.36. The number of fused-ring (bicyclic) bond motifs is 5. The van der Waals surface area contributed by atoms with Crippen LogP contribution in [-0.4, -0.2) is 29.0 Å². The van der Waals surface area contributed by atoms with Crippen molar-refractivity contribution < 1.29 is 19.0 Å². The lowest BCUT2D eigenvalue weighted by Crippen LogP contribution is -2.48. The fourth-order valence-electron chi connectivity index (χ4n) is 3.02. The first kappa shape index (κ1) is 15.2. The molecule has 0 fully saturated rings. The van der Waals surface area contributed by atoms with Crippen LogP contribution in [-0.2, 0) is 6.54 Å². The van der Waals surface area contributed by atoms with Crippen LogP contribution in [0.3, 0.4) is 0 Å². The lowest BCUT2D eigenvalue weighted by molar-refractivity contribution is 0.103. The first-order valence-electron chi connectivity index (χ1n) is 7.92. The third-order valence-electron chi connectivity index (χ3n) is 4.56. The zero-order valence-electron chi connectivity index (χ0n) is 13.4. The first-order valence-corrected chi connectivity index (χ1v) is 7.92. The van der Waals surface area contributed by atoms with Crippen molar-refractivity contribution in [2.24, 2.45) is 0 Å². The Hall–Kier alpha value is -2.34. The molecule has 24 heavy (non-hydrogen) atoms. The Kier molecular flexibility index (Phi) is 3.57. The average molecular weight is 325 g/mol. The summed E-state index contributed by atoms with van der Waals surface area (Å²) in [6.45, 7) is 1.91. The standard InChI is InChI=1S/C19H19NO4/c1-19(10-21,11-22)20-9-12-8-16-17(14-6-7-23-18(12)14)13-4-2-3-5-15(13)24-16/h2-8,20-22H,9-11H2,1H3. The fraction of sp³-hybridized carbons (Fsp3) is 0.263. The summed E-state index contributed by atoms with van der Waals surface area (Å²) in [4.78, 5) is 0. The van der Waals surface area contributed by atoms with Gasteiger partial charge in [0.25, 0.3) is 0 Å². The molecule has 0 radical (unpaired) electrons. The van der Waals surface area contributed by atoms with E-state index in [1.54, 1.807) is 13.2 Å². The van der Waals surface area contributed by atoms with Gasteiger partial charge >= 0.3 is 0 Å². The number of nitrogens with one attached hydrogen (secondary N) is 1. The number of aliphatic hydroxyl groups excluding tert-OH is 2. The van der Waals surface area contributed by atoms with Crippen LogP contribution >= 0.6 is 0 Å². The van der Waals surface area contributed by atoms with Gasteiger partial charge in [-0.05, 0) is 25.1 Å². The lowest BCUT2D eigenvalue weighted by Gasteiger charge is -2.26. The molecule has 5 nitrogen and oxygen atoms in total. The molecule has 3 N–H and O–H groups in total. The van der Waals surface area contributed by atoms with Crippen LogP contribution in [0, 0.1) is 0 Å². The topological polar surface area (TPSA) is 78.8 Å². The van der Waals surface area contributed by atoms with Gasteiger partial charge in [0.15, 0.2) is 0 Å². The van der Waals surface area contributed by atoms with Crippen molar-refractivity contribution in [2.75, 3.05) is 13.2 Å². The summed E-state index contributed by atoms with van der Waals surface area (Å²) in [7, 11) is 0. The zero-order valence-corrected chi connectivity index (χ0v) is 13.4. The van der Waals surface area contributed by atoms with Gasteiger partial charge in [-0.15, -0.1) is 0 Å². The normalized spacial score (nSPS) is 12.6. The molecule has 0 atom stereocenters. The van der Waals surface area contributed by atoms with Gasteiger partial charge < -0.3 is 24.4 Å². The summed E-state index contributed by atoms with van der Waals surface area (Å²) >= 11 is 0. The third-order valence-corrected chi connectivity index (χ3v) is 4.56. The largest absolute Gasteiger partial charge is 0.464 e. The average Bonchev–Trinajstić information content (AvgIpc) is 3.23. The molecule has 0 aliphatic heterocycles. The highest BCUT2D eigenvalue weighted by atomic mass is 16.3. The van der Waals surface area contributed by atoms with Gasteiger partial charge in [0.2, 0.25) is 0 Å². The van der Waals surface area contributed by atoms with E-state index in [-0.39, 0.29) is 13.2 Å². The van der Waals surface area contributed by atoms with Crippen molar-refractivity contribution in [3.8, 4) is 0 Å². The molecule has 4 aromatic rings. The Morgan fingerprint density at radius 2 is 1.83 bits per heavy atom. The Bertz CT molecular complexity index is 1010. The van der Waals surface area contributed by atoms with Gasteiger partial charge in [-0.2, -0.15) is 0 Å². The quantitative estimate of drug-likeness (QED) is 0.525. The maximum Gasteiger partial charge on any atom is 0.139 e.